The summed E-state index contributed by atoms with van der Waals surface area (Å²) >= 11 is 0. The Hall–Kier alpha value is -4.63. The molecular weight excluding hydrogens is 523 g/mol. The Bertz CT molecular complexity index is 1650. The van der Waals surface area contributed by atoms with Gasteiger partial charge in [-0.05, 0) is 78.4 Å². The van der Waals surface area contributed by atoms with Crippen LogP contribution in [0.3, 0.4) is 0 Å². The normalized spacial score (nSPS) is 13.5. The lowest BCUT2D eigenvalue weighted by atomic mass is 9.90. The van der Waals surface area contributed by atoms with Crippen molar-refractivity contribution in [2.45, 2.75) is 27.3 Å². The number of aromatic nitrogens is 2. The third-order valence-electron chi connectivity index (χ3n) is 7.59. The van der Waals surface area contributed by atoms with Crippen LogP contribution in [-0.4, -0.2) is 52.1 Å². The predicted octanol–water partition coefficient (Wildman–Crippen LogP) is 5.65. The number of halogens is 1. The molecule has 1 amide bonds. The predicted molar refractivity (Wildman–Crippen MR) is 154 cm³/mol. The van der Waals surface area contributed by atoms with Gasteiger partial charge in [0.1, 0.15) is 23.1 Å². The van der Waals surface area contributed by atoms with E-state index in [2.05, 4.69) is 15.3 Å². The third kappa shape index (κ3) is 5.67. The molecule has 210 valence electrons. The Labute approximate surface area is 237 Å². The van der Waals surface area contributed by atoms with Crippen LogP contribution in [0.5, 0.6) is 5.75 Å². The van der Waals surface area contributed by atoms with E-state index in [1.807, 2.05) is 61.2 Å². The first-order valence-electron chi connectivity index (χ1n) is 13.3. The number of anilines is 1. The number of rotatable bonds is 8. The van der Waals surface area contributed by atoms with Crippen molar-refractivity contribution in [2.24, 2.45) is 5.92 Å². The summed E-state index contributed by atoms with van der Waals surface area (Å²) in [7, 11) is 1.51. The number of amides is 1. The average Bonchev–Trinajstić information content (AvgIpc) is 2.92. The Morgan fingerprint density at radius 3 is 2.39 bits per heavy atom. The van der Waals surface area contributed by atoms with E-state index in [1.165, 1.54) is 13.2 Å². The summed E-state index contributed by atoms with van der Waals surface area (Å²) < 4.78 is 21.0. The Balaban J connectivity index is 1.44. The maximum atomic E-state index is 15.4. The van der Waals surface area contributed by atoms with Crippen molar-refractivity contribution in [3.63, 3.8) is 0 Å². The Morgan fingerprint density at radius 2 is 1.71 bits per heavy atom. The van der Waals surface area contributed by atoms with Crippen LogP contribution in [0.2, 0.25) is 0 Å². The number of hydrogen-bond acceptors (Lipinski definition) is 6. The van der Waals surface area contributed by atoms with Crippen LogP contribution in [0.15, 0.2) is 60.8 Å². The van der Waals surface area contributed by atoms with Crippen molar-refractivity contribution in [3.05, 3.63) is 94.8 Å². The molecule has 1 aliphatic rings. The van der Waals surface area contributed by atoms with Crippen LogP contribution in [0, 0.1) is 32.5 Å². The molecule has 0 unspecified atom stereocenters. The molecule has 41 heavy (non-hydrogen) atoms. The molecular formula is C32H31FN4O4. The molecule has 2 N–H and O–H groups in total. The second-order valence-electron chi connectivity index (χ2n) is 10.3. The fraction of sp³-hybridized carbons (Fsp3) is 0.250. The molecule has 0 bridgehead atoms. The molecule has 5 rings (SSSR count). The van der Waals surface area contributed by atoms with Crippen molar-refractivity contribution < 1.29 is 23.8 Å². The fourth-order valence-electron chi connectivity index (χ4n) is 5.25. The van der Waals surface area contributed by atoms with E-state index < -0.39 is 17.7 Å². The second kappa shape index (κ2) is 11.5. The summed E-state index contributed by atoms with van der Waals surface area (Å²) in [6, 6.07) is 16.5. The summed E-state index contributed by atoms with van der Waals surface area (Å²) in [5.74, 6) is -1.03. The summed E-state index contributed by atoms with van der Waals surface area (Å²) in [5.41, 5.74) is 6.63. The van der Waals surface area contributed by atoms with Crippen molar-refractivity contribution in [1.82, 2.24) is 14.9 Å². The molecule has 1 saturated heterocycles. The topological polar surface area (TPSA) is 105 Å². The Morgan fingerprint density at radius 1 is 1.02 bits per heavy atom. The van der Waals surface area contributed by atoms with Crippen molar-refractivity contribution in [3.8, 4) is 28.0 Å². The van der Waals surface area contributed by atoms with Crippen LogP contribution in [0.1, 0.15) is 33.0 Å². The molecule has 1 aliphatic heterocycles. The highest BCUT2D eigenvalue weighted by Crippen LogP contribution is 2.38. The zero-order chi connectivity index (χ0) is 29.3. The lowest BCUT2D eigenvalue weighted by Gasteiger charge is -2.36. The van der Waals surface area contributed by atoms with Crippen LogP contribution in [0.4, 0.5) is 10.1 Å². The highest BCUT2D eigenvalue weighted by molar-refractivity contribution is 6.03. The van der Waals surface area contributed by atoms with Crippen LogP contribution in [-0.2, 0) is 11.3 Å². The molecule has 0 saturated carbocycles. The quantitative estimate of drug-likeness (QED) is 0.290. The van der Waals surface area contributed by atoms with Crippen LogP contribution in [0.25, 0.3) is 22.3 Å². The lowest BCUT2D eigenvalue weighted by molar-refractivity contribution is -0.147. The number of methoxy groups -OCH3 is 1. The standard InChI is InChI=1S/C32H31FN4O4/c1-18-23(21-13-27(33)26(30(14-21)41-4)17-37-15-22(16-37)32(39)40)7-5-8-24(18)25-9-6-10-28(19(25)2)36-31(38)29-11-12-34-20(3)35-29/h5-14,22H,15-17H2,1-4H3,(H,36,38)(H,39,40). The van der Waals surface area contributed by atoms with Gasteiger partial charge in [-0.3, -0.25) is 14.5 Å². The summed E-state index contributed by atoms with van der Waals surface area (Å²) in [5, 5.41) is 12.1. The molecule has 0 aliphatic carbocycles. The summed E-state index contributed by atoms with van der Waals surface area (Å²) in [6.07, 6.45) is 1.56. The maximum absolute atomic E-state index is 15.4. The number of aliphatic carboxylic acids is 1. The van der Waals surface area contributed by atoms with E-state index in [0.29, 0.717) is 41.5 Å². The number of carboxylic acids is 1. The molecule has 0 spiro atoms. The number of carbonyl (C=O) groups excluding carboxylic acids is 1. The lowest BCUT2D eigenvalue weighted by Crippen LogP contribution is -2.49. The molecule has 0 radical (unpaired) electrons. The molecule has 2 heterocycles. The van der Waals surface area contributed by atoms with Gasteiger partial charge in [-0.25, -0.2) is 14.4 Å². The number of ether oxygens (including phenoxy) is 1. The number of carboxylic acid groups (broad SMARTS) is 1. The van der Waals surface area contributed by atoms with E-state index in [4.69, 9.17) is 9.84 Å². The SMILES string of the molecule is COc1cc(-c2cccc(-c3cccc(NC(=O)c4ccnc(C)n4)c3C)c2C)cc(F)c1CN1CC(C(=O)O)C1. The summed E-state index contributed by atoms with van der Waals surface area (Å²) in [4.78, 5) is 34.1. The van der Waals surface area contributed by atoms with Gasteiger partial charge in [0.05, 0.1) is 13.0 Å². The number of aryl methyl sites for hydroxylation is 1. The van der Waals surface area contributed by atoms with Gasteiger partial charge in [-0.1, -0.05) is 30.3 Å². The Kier molecular flexibility index (Phi) is 7.81. The highest BCUT2D eigenvalue weighted by atomic mass is 19.1. The van der Waals surface area contributed by atoms with E-state index >= 15 is 4.39 Å². The van der Waals surface area contributed by atoms with Crippen molar-refractivity contribution >= 4 is 17.6 Å². The maximum Gasteiger partial charge on any atom is 0.309 e. The summed E-state index contributed by atoms with van der Waals surface area (Å²) in [6.45, 7) is 6.73. The van der Waals surface area contributed by atoms with Crippen molar-refractivity contribution in [1.29, 1.82) is 0 Å². The van der Waals surface area contributed by atoms with E-state index in [-0.39, 0.29) is 18.1 Å². The molecule has 1 fully saturated rings. The number of carbonyl (C=O) groups is 2. The van der Waals surface area contributed by atoms with Gasteiger partial charge < -0.3 is 15.2 Å². The number of likely N-dealkylation sites (tertiary alicyclic amines) is 1. The molecule has 1 aromatic heterocycles. The smallest absolute Gasteiger partial charge is 0.309 e. The highest BCUT2D eigenvalue weighted by Gasteiger charge is 2.33. The largest absolute Gasteiger partial charge is 0.496 e. The van der Waals surface area contributed by atoms with E-state index in [1.54, 1.807) is 19.2 Å². The van der Waals surface area contributed by atoms with Crippen LogP contribution >= 0.6 is 0 Å². The minimum Gasteiger partial charge on any atom is -0.496 e. The molecule has 8 nitrogen and oxygen atoms in total. The minimum atomic E-state index is -0.830. The molecule has 3 aromatic carbocycles. The number of nitrogens with one attached hydrogen (secondary N) is 1. The van der Waals surface area contributed by atoms with Gasteiger partial charge in [-0.2, -0.15) is 0 Å². The van der Waals surface area contributed by atoms with Gasteiger partial charge in [0.15, 0.2) is 0 Å². The second-order valence-corrected chi connectivity index (χ2v) is 10.3. The van der Waals surface area contributed by atoms with Gasteiger partial charge in [0, 0.05) is 37.1 Å². The minimum absolute atomic E-state index is 0.282. The first-order chi connectivity index (χ1) is 19.7. The monoisotopic (exact) mass is 554 g/mol. The van der Waals surface area contributed by atoms with Gasteiger partial charge >= 0.3 is 5.97 Å². The number of nitrogens with zero attached hydrogens (tertiary/aromatic N) is 3. The van der Waals surface area contributed by atoms with E-state index in [9.17, 15) is 9.59 Å². The van der Waals surface area contributed by atoms with Gasteiger partial charge in [-0.15, -0.1) is 0 Å². The number of benzene rings is 3. The molecule has 0 atom stereocenters. The zero-order valence-electron chi connectivity index (χ0n) is 23.4. The van der Waals surface area contributed by atoms with Crippen LogP contribution < -0.4 is 10.1 Å². The van der Waals surface area contributed by atoms with Crippen molar-refractivity contribution in [2.75, 3.05) is 25.5 Å². The fourth-order valence-corrected chi connectivity index (χ4v) is 5.25. The molecule has 4 aromatic rings. The zero-order valence-corrected chi connectivity index (χ0v) is 23.4. The third-order valence-corrected chi connectivity index (χ3v) is 7.59. The first kappa shape index (κ1) is 27.9. The number of hydrogen-bond donors (Lipinski definition) is 2. The van der Waals surface area contributed by atoms with Gasteiger partial charge in [0.25, 0.3) is 5.91 Å². The van der Waals surface area contributed by atoms with Gasteiger partial charge in [0.2, 0.25) is 0 Å². The molecule has 9 heteroatoms. The van der Waals surface area contributed by atoms with E-state index in [0.717, 1.165) is 27.8 Å². The first-order valence-corrected chi connectivity index (χ1v) is 13.3. The average molecular weight is 555 g/mol.